The number of rotatable bonds is 2. The monoisotopic (exact) mass is 226 g/mol. The highest BCUT2D eigenvalue weighted by Crippen LogP contribution is 2.40. The van der Waals surface area contributed by atoms with Crippen LogP contribution in [-0.4, -0.2) is 11.7 Å². The molecule has 1 heterocycles. The van der Waals surface area contributed by atoms with Gasteiger partial charge in [-0.2, -0.15) is 0 Å². The second-order valence-electron chi connectivity index (χ2n) is 4.31. The molecule has 1 N–H and O–H groups in total. The van der Waals surface area contributed by atoms with Gasteiger partial charge >= 0.3 is 0 Å². The van der Waals surface area contributed by atoms with Gasteiger partial charge in [0.1, 0.15) is 5.75 Å². The summed E-state index contributed by atoms with van der Waals surface area (Å²) in [5.74, 6) is 0.932. The minimum Gasteiger partial charge on any atom is -0.493 e. The molecule has 0 fully saturated rings. The van der Waals surface area contributed by atoms with Gasteiger partial charge in [-0.1, -0.05) is 48.5 Å². The van der Waals surface area contributed by atoms with Gasteiger partial charge in [0.05, 0.1) is 18.6 Å². The van der Waals surface area contributed by atoms with Crippen molar-refractivity contribution >= 4 is 0 Å². The lowest BCUT2D eigenvalue weighted by atomic mass is 9.91. The van der Waals surface area contributed by atoms with Gasteiger partial charge in [0.2, 0.25) is 0 Å². The largest absolute Gasteiger partial charge is 0.493 e. The highest BCUT2D eigenvalue weighted by atomic mass is 16.5. The summed E-state index contributed by atoms with van der Waals surface area (Å²) < 4.78 is 5.59. The van der Waals surface area contributed by atoms with Gasteiger partial charge in [-0.05, 0) is 11.6 Å². The van der Waals surface area contributed by atoms with Gasteiger partial charge in [0.15, 0.2) is 0 Å². The molecule has 2 aromatic carbocycles. The van der Waals surface area contributed by atoms with Crippen LogP contribution < -0.4 is 4.74 Å². The Balaban J connectivity index is 1.92. The Bertz CT molecular complexity index is 507. The Morgan fingerprint density at radius 3 is 2.53 bits per heavy atom. The van der Waals surface area contributed by atoms with Crippen LogP contribution in [0.2, 0.25) is 0 Å². The van der Waals surface area contributed by atoms with Gasteiger partial charge in [-0.15, -0.1) is 0 Å². The van der Waals surface area contributed by atoms with E-state index in [0.29, 0.717) is 6.61 Å². The van der Waals surface area contributed by atoms with Crippen molar-refractivity contribution in [2.75, 3.05) is 6.61 Å². The van der Waals surface area contributed by atoms with Crippen LogP contribution >= 0.6 is 0 Å². The minimum atomic E-state index is -0.500. The van der Waals surface area contributed by atoms with Crippen LogP contribution in [0.5, 0.6) is 5.75 Å². The smallest absolute Gasteiger partial charge is 0.123 e. The summed E-state index contributed by atoms with van der Waals surface area (Å²) in [5.41, 5.74) is 2.04. The SMILES string of the molecule is OC(c1ccccc1)C1COc2ccccc21. The molecule has 0 bridgehead atoms. The average Bonchev–Trinajstić information content (AvgIpc) is 2.83. The number of ether oxygens (including phenoxy) is 1. The van der Waals surface area contributed by atoms with Crippen molar-refractivity contribution in [3.8, 4) is 5.75 Å². The first-order valence-electron chi connectivity index (χ1n) is 5.81. The van der Waals surface area contributed by atoms with E-state index in [2.05, 4.69) is 0 Å². The summed E-state index contributed by atoms with van der Waals surface area (Å²) in [4.78, 5) is 0. The van der Waals surface area contributed by atoms with E-state index in [4.69, 9.17) is 4.74 Å². The van der Waals surface area contributed by atoms with Crippen LogP contribution in [0.3, 0.4) is 0 Å². The van der Waals surface area contributed by atoms with E-state index >= 15 is 0 Å². The minimum absolute atomic E-state index is 0.0357. The molecule has 0 aliphatic carbocycles. The molecule has 17 heavy (non-hydrogen) atoms. The molecule has 1 aliphatic heterocycles. The molecule has 0 saturated heterocycles. The predicted molar refractivity (Wildman–Crippen MR) is 66.1 cm³/mol. The molecule has 2 atom stereocenters. The number of hydrogen-bond donors (Lipinski definition) is 1. The number of aliphatic hydroxyl groups is 1. The van der Waals surface area contributed by atoms with E-state index < -0.39 is 6.10 Å². The molecule has 3 rings (SSSR count). The fourth-order valence-corrected chi connectivity index (χ4v) is 2.33. The highest BCUT2D eigenvalue weighted by Gasteiger charge is 2.30. The van der Waals surface area contributed by atoms with E-state index in [1.54, 1.807) is 0 Å². The summed E-state index contributed by atoms with van der Waals surface area (Å²) in [6, 6.07) is 17.7. The number of para-hydroxylation sites is 1. The Morgan fingerprint density at radius 2 is 1.71 bits per heavy atom. The standard InChI is InChI=1S/C15H14O2/c16-15(11-6-2-1-3-7-11)13-10-17-14-9-5-4-8-12(13)14/h1-9,13,15-16H,10H2. The lowest BCUT2D eigenvalue weighted by Crippen LogP contribution is -2.12. The van der Waals surface area contributed by atoms with Crippen molar-refractivity contribution in [2.45, 2.75) is 12.0 Å². The maximum Gasteiger partial charge on any atom is 0.123 e. The fraction of sp³-hybridized carbons (Fsp3) is 0.200. The third kappa shape index (κ3) is 1.81. The first kappa shape index (κ1) is 10.4. The van der Waals surface area contributed by atoms with Crippen LogP contribution in [0.25, 0.3) is 0 Å². The molecule has 0 aromatic heterocycles. The van der Waals surface area contributed by atoms with Crippen molar-refractivity contribution < 1.29 is 9.84 Å². The summed E-state index contributed by atoms with van der Waals surface area (Å²) in [7, 11) is 0. The van der Waals surface area contributed by atoms with E-state index in [0.717, 1.165) is 16.9 Å². The number of aliphatic hydroxyl groups excluding tert-OH is 1. The highest BCUT2D eigenvalue weighted by molar-refractivity contribution is 5.41. The van der Waals surface area contributed by atoms with E-state index in [1.807, 2.05) is 54.6 Å². The first-order chi connectivity index (χ1) is 8.36. The van der Waals surface area contributed by atoms with Gasteiger partial charge in [0, 0.05) is 5.56 Å². The van der Waals surface area contributed by atoms with Crippen molar-refractivity contribution in [3.05, 3.63) is 65.7 Å². The van der Waals surface area contributed by atoms with E-state index in [1.165, 1.54) is 0 Å². The average molecular weight is 226 g/mol. The lowest BCUT2D eigenvalue weighted by Gasteiger charge is -2.17. The topological polar surface area (TPSA) is 29.5 Å². The Hall–Kier alpha value is -1.80. The first-order valence-corrected chi connectivity index (χ1v) is 5.81. The third-order valence-corrected chi connectivity index (χ3v) is 3.26. The van der Waals surface area contributed by atoms with Gasteiger partial charge < -0.3 is 9.84 Å². The Morgan fingerprint density at radius 1 is 1.00 bits per heavy atom. The third-order valence-electron chi connectivity index (χ3n) is 3.26. The summed E-state index contributed by atoms with van der Waals surface area (Å²) in [6.07, 6.45) is -0.500. The molecular formula is C15H14O2. The van der Waals surface area contributed by atoms with Gasteiger partial charge in [-0.25, -0.2) is 0 Å². The van der Waals surface area contributed by atoms with E-state index in [9.17, 15) is 5.11 Å². The molecule has 0 radical (unpaired) electrons. The quantitative estimate of drug-likeness (QED) is 0.853. The van der Waals surface area contributed by atoms with Crippen molar-refractivity contribution in [2.24, 2.45) is 0 Å². The molecule has 2 unspecified atom stereocenters. The van der Waals surface area contributed by atoms with Crippen LogP contribution in [0, 0.1) is 0 Å². The van der Waals surface area contributed by atoms with Crippen molar-refractivity contribution in [3.63, 3.8) is 0 Å². The second kappa shape index (κ2) is 4.22. The Kier molecular flexibility index (Phi) is 2.57. The van der Waals surface area contributed by atoms with E-state index in [-0.39, 0.29) is 5.92 Å². The maximum atomic E-state index is 10.4. The molecule has 86 valence electrons. The zero-order valence-electron chi connectivity index (χ0n) is 9.41. The van der Waals surface area contributed by atoms with Crippen LogP contribution in [0.4, 0.5) is 0 Å². The number of fused-ring (bicyclic) bond motifs is 1. The zero-order valence-corrected chi connectivity index (χ0v) is 9.41. The molecule has 2 nitrogen and oxygen atoms in total. The van der Waals surface area contributed by atoms with Crippen LogP contribution in [0.15, 0.2) is 54.6 Å². The van der Waals surface area contributed by atoms with Gasteiger partial charge in [-0.3, -0.25) is 0 Å². The summed E-state index contributed by atoms with van der Waals surface area (Å²) in [5, 5.41) is 10.4. The maximum absolute atomic E-state index is 10.4. The molecule has 1 aliphatic rings. The van der Waals surface area contributed by atoms with Crippen molar-refractivity contribution in [1.82, 2.24) is 0 Å². The molecule has 0 amide bonds. The molecule has 0 spiro atoms. The van der Waals surface area contributed by atoms with Gasteiger partial charge in [0.25, 0.3) is 0 Å². The summed E-state index contributed by atoms with van der Waals surface area (Å²) >= 11 is 0. The van der Waals surface area contributed by atoms with Crippen LogP contribution in [-0.2, 0) is 0 Å². The van der Waals surface area contributed by atoms with Crippen LogP contribution in [0.1, 0.15) is 23.1 Å². The summed E-state index contributed by atoms with van der Waals surface area (Å²) in [6.45, 7) is 0.551. The predicted octanol–water partition coefficient (Wildman–Crippen LogP) is 2.90. The lowest BCUT2D eigenvalue weighted by molar-refractivity contribution is 0.130. The fourth-order valence-electron chi connectivity index (χ4n) is 2.33. The normalized spacial score (nSPS) is 19.5. The van der Waals surface area contributed by atoms with Crippen molar-refractivity contribution in [1.29, 1.82) is 0 Å². The second-order valence-corrected chi connectivity index (χ2v) is 4.31. The zero-order chi connectivity index (χ0) is 11.7. The molecule has 2 heteroatoms. The molecular weight excluding hydrogens is 212 g/mol. The molecule has 2 aromatic rings. The number of benzene rings is 2. The Labute approximate surface area is 100 Å². The molecule has 0 saturated carbocycles. The number of hydrogen-bond acceptors (Lipinski definition) is 2.